The first-order valence-electron chi connectivity index (χ1n) is 15.8. The van der Waals surface area contributed by atoms with Crippen LogP contribution in [0.15, 0.2) is 97.1 Å². The number of nitrogens with zero attached hydrogens (tertiary/aromatic N) is 1. The van der Waals surface area contributed by atoms with E-state index in [-0.39, 0.29) is 25.1 Å². The Bertz CT molecular complexity index is 1450. The molecule has 0 saturated carbocycles. The summed E-state index contributed by atoms with van der Waals surface area (Å²) in [4.78, 5) is 15.0. The number of esters is 1. The van der Waals surface area contributed by atoms with E-state index in [4.69, 9.17) is 37.4 Å². The number of aryl methyl sites for hydroxylation is 2. The fourth-order valence-electron chi connectivity index (χ4n) is 4.96. The third-order valence-corrected chi connectivity index (χ3v) is 8.25. The van der Waals surface area contributed by atoms with Crippen molar-refractivity contribution in [2.24, 2.45) is 5.41 Å². The Labute approximate surface area is 284 Å². The van der Waals surface area contributed by atoms with Crippen molar-refractivity contribution in [3.8, 4) is 11.5 Å². The SMILES string of the molecule is Cc1ccc(OCC(COc2ccc(CCCN(C)CC(c3ccc(Cl)cc3)c3ccc(Cl)cc3)cc2)OC(=O)C(C)(C)C)cc1. The van der Waals surface area contributed by atoms with Gasteiger partial charge in [0.25, 0.3) is 0 Å². The summed E-state index contributed by atoms with van der Waals surface area (Å²) < 4.78 is 17.7. The van der Waals surface area contributed by atoms with E-state index in [1.165, 1.54) is 16.7 Å². The van der Waals surface area contributed by atoms with E-state index in [1.807, 2.05) is 88.4 Å². The van der Waals surface area contributed by atoms with Gasteiger partial charge >= 0.3 is 5.97 Å². The summed E-state index contributed by atoms with van der Waals surface area (Å²) >= 11 is 12.3. The molecular formula is C39H45Cl2NO4. The number of ether oxygens (including phenoxy) is 3. The maximum atomic E-state index is 12.6. The molecule has 0 aliphatic rings. The Morgan fingerprint density at radius 2 is 1.22 bits per heavy atom. The van der Waals surface area contributed by atoms with Gasteiger partial charge < -0.3 is 19.1 Å². The molecular weight excluding hydrogens is 617 g/mol. The number of hydrogen-bond acceptors (Lipinski definition) is 5. The Hall–Kier alpha value is -3.51. The molecule has 0 bridgehead atoms. The third kappa shape index (κ3) is 11.4. The zero-order valence-corrected chi connectivity index (χ0v) is 29.0. The standard InChI is InChI=1S/C39H45Cl2NO4/c1-28-8-20-34(21-9-28)44-26-36(46-38(43)39(2,3)4)27-45-35-22-10-29(11-23-35)7-6-24-42(5)25-37(30-12-16-32(40)17-13-30)31-14-18-33(41)19-15-31/h8-23,36-37H,6-7,24-27H2,1-5H3. The number of likely N-dealkylation sites (N-methyl/N-ethyl adjacent to an activating group) is 1. The van der Waals surface area contributed by atoms with Gasteiger partial charge in [-0.1, -0.05) is 77.3 Å². The van der Waals surface area contributed by atoms with Crippen LogP contribution in [0.25, 0.3) is 0 Å². The van der Waals surface area contributed by atoms with E-state index in [0.717, 1.165) is 53.0 Å². The minimum Gasteiger partial charge on any atom is -0.490 e. The number of carbonyl (C=O) groups excluding carboxylic acids is 1. The van der Waals surface area contributed by atoms with Gasteiger partial charge in [-0.3, -0.25) is 4.79 Å². The summed E-state index contributed by atoms with van der Waals surface area (Å²) in [5.41, 5.74) is 4.23. The summed E-state index contributed by atoms with van der Waals surface area (Å²) in [6.07, 6.45) is 1.42. The molecule has 7 heteroatoms. The van der Waals surface area contributed by atoms with Gasteiger partial charge in [0.15, 0.2) is 6.10 Å². The molecule has 0 radical (unpaired) electrons. The van der Waals surface area contributed by atoms with Crippen LogP contribution < -0.4 is 9.47 Å². The van der Waals surface area contributed by atoms with Crippen molar-refractivity contribution in [3.63, 3.8) is 0 Å². The second-order valence-corrected chi connectivity index (χ2v) is 13.8. The molecule has 0 aromatic heterocycles. The molecule has 5 nitrogen and oxygen atoms in total. The monoisotopic (exact) mass is 661 g/mol. The number of halogens is 2. The summed E-state index contributed by atoms with van der Waals surface area (Å²) in [5, 5.41) is 1.47. The van der Waals surface area contributed by atoms with Gasteiger partial charge in [-0.05, 0) is 119 Å². The largest absolute Gasteiger partial charge is 0.490 e. The highest BCUT2D eigenvalue weighted by atomic mass is 35.5. The molecule has 46 heavy (non-hydrogen) atoms. The van der Waals surface area contributed by atoms with Gasteiger partial charge in [-0.15, -0.1) is 0 Å². The topological polar surface area (TPSA) is 48.0 Å². The van der Waals surface area contributed by atoms with Crippen molar-refractivity contribution in [1.82, 2.24) is 4.90 Å². The lowest BCUT2D eigenvalue weighted by molar-refractivity contribution is -0.161. The molecule has 0 aliphatic carbocycles. The Morgan fingerprint density at radius 1 is 0.739 bits per heavy atom. The molecule has 0 heterocycles. The van der Waals surface area contributed by atoms with Gasteiger partial charge in [0.05, 0.1) is 5.41 Å². The fourth-order valence-corrected chi connectivity index (χ4v) is 5.21. The lowest BCUT2D eigenvalue weighted by atomic mass is 9.91. The number of benzene rings is 4. The average molecular weight is 663 g/mol. The van der Waals surface area contributed by atoms with Crippen LogP contribution >= 0.6 is 23.2 Å². The molecule has 0 saturated heterocycles. The van der Waals surface area contributed by atoms with Crippen LogP contribution in [-0.4, -0.2) is 50.3 Å². The van der Waals surface area contributed by atoms with Crippen LogP contribution in [0.4, 0.5) is 0 Å². The number of carbonyl (C=O) groups is 1. The van der Waals surface area contributed by atoms with Crippen LogP contribution in [-0.2, 0) is 16.0 Å². The molecule has 4 rings (SSSR count). The highest BCUT2D eigenvalue weighted by molar-refractivity contribution is 6.30. The molecule has 0 spiro atoms. The van der Waals surface area contributed by atoms with Crippen molar-refractivity contribution in [2.45, 2.75) is 52.6 Å². The first-order chi connectivity index (χ1) is 22.0. The molecule has 244 valence electrons. The Kier molecular flexibility index (Phi) is 13.0. The molecule has 0 aliphatic heterocycles. The lowest BCUT2D eigenvalue weighted by Crippen LogP contribution is -2.35. The smallest absolute Gasteiger partial charge is 0.311 e. The average Bonchev–Trinajstić information content (AvgIpc) is 3.03. The molecule has 1 unspecified atom stereocenters. The predicted molar refractivity (Wildman–Crippen MR) is 189 cm³/mol. The summed E-state index contributed by atoms with van der Waals surface area (Å²) in [7, 11) is 2.17. The van der Waals surface area contributed by atoms with E-state index in [1.54, 1.807) is 0 Å². The van der Waals surface area contributed by atoms with Crippen LogP contribution in [0.5, 0.6) is 11.5 Å². The van der Waals surface area contributed by atoms with E-state index in [9.17, 15) is 4.79 Å². The summed E-state index contributed by atoms with van der Waals surface area (Å²) in [6.45, 7) is 9.76. The van der Waals surface area contributed by atoms with Crippen molar-refractivity contribution >= 4 is 29.2 Å². The van der Waals surface area contributed by atoms with E-state index in [2.05, 4.69) is 48.3 Å². The molecule has 0 N–H and O–H groups in total. The predicted octanol–water partition coefficient (Wildman–Crippen LogP) is 9.41. The maximum absolute atomic E-state index is 12.6. The van der Waals surface area contributed by atoms with Gasteiger partial charge in [0, 0.05) is 22.5 Å². The Balaban J connectivity index is 1.28. The summed E-state index contributed by atoms with van der Waals surface area (Å²) in [5.74, 6) is 1.37. The highest BCUT2D eigenvalue weighted by Gasteiger charge is 2.27. The minimum atomic E-state index is -0.621. The van der Waals surface area contributed by atoms with Gasteiger partial charge in [0.2, 0.25) is 0 Å². The van der Waals surface area contributed by atoms with Gasteiger partial charge in [0.1, 0.15) is 24.7 Å². The number of hydrogen-bond donors (Lipinski definition) is 0. The zero-order chi connectivity index (χ0) is 33.1. The van der Waals surface area contributed by atoms with E-state index < -0.39 is 11.5 Å². The third-order valence-electron chi connectivity index (χ3n) is 7.75. The quantitative estimate of drug-likeness (QED) is 0.119. The van der Waals surface area contributed by atoms with Crippen LogP contribution in [0, 0.1) is 12.3 Å². The lowest BCUT2D eigenvalue weighted by Gasteiger charge is -2.25. The molecule has 0 fully saturated rings. The van der Waals surface area contributed by atoms with Gasteiger partial charge in [-0.2, -0.15) is 0 Å². The van der Waals surface area contributed by atoms with Crippen LogP contribution in [0.1, 0.15) is 55.4 Å². The zero-order valence-electron chi connectivity index (χ0n) is 27.5. The first-order valence-corrected chi connectivity index (χ1v) is 16.5. The van der Waals surface area contributed by atoms with Gasteiger partial charge in [-0.25, -0.2) is 0 Å². The molecule has 1 atom stereocenters. The molecule has 4 aromatic rings. The van der Waals surface area contributed by atoms with Crippen LogP contribution in [0.2, 0.25) is 10.0 Å². The fraction of sp³-hybridized carbons (Fsp3) is 0.359. The second-order valence-electron chi connectivity index (χ2n) is 12.9. The second kappa shape index (κ2) is 16.9. The first kappa shape index (κ1) is 35.3. The molecule has 4 aromatic carbocycles. The maximum Gasteiger partial charge on any atom is 0.311 e. The number of rotatable bonds is 15. The van der Waals surface area contributed by atoms with Crippen molar-refractivity contribution in [2.75, 3.05) is 33.4 Å². The Morgan fingerprint density at radius 3 is 1.70 bits per heavy atom. The minimum absolute atomic E-state index is 0.195. The van der Waals surface area contributed by atoms with Crippen molar-refractivity contribution in [3.05, 3.63) is 129 Å². The molecule has 0 amide bonds. The normalized spacial score (nSPS) is 12.3. The van der Waals surface area contributed by atoms with Crippen molar-refractivity contribution < 1.29 is 19.0 Å². The van der Waals surface area contributed by atoms with E-state index >= 15 is 0 Å². The van der Waals surface area contributed by atoms with Crippen LogP contribution in [0.3, 0.4) is 0 Å². The van der Waals surface area contributed by atoms with Crippen molar-refractivity contribution in [1.29, 1.82) is 0 Å². The summed E-state index contributed by atoms with van der Waals surface area (Å²) in [6, 6.07) is 32.1. The van der Waals surface area contributed by atoms with E-state index in [0.29, 0.717) is 0 Å². The highest BCUT2D eigenvalue weighted by Crippen LogP contribution is 2.28.